The fourth-order valence-electron chi connectivity index (χ4n) is 3.40. The van der Waals surface area contributed by atoms with Gasteiger partial charge in [-0.25, -0.2) is 0 Å². The zero-order valence-electron chi connectivity index (χ0n) is 15.0. The minimum absolute atomic E-state index is 0.784. The number of rotatable bonds is 8. The molecule has 130 valence electrons. The molecular weight excluding hydrogens is 407 g/mol. The quantitative estimate of drug-likeness (QED) is 0.392. The van der Waals surface area contributed by atoms with Crippen molar-refractivity contribution in [1.29, 1.82) is 0 Å². The van der Waals surface area contributed by atoms with Crippen LogP contribution in [0.1, 0.15) is 81.4 Å². The van der Waals surface area contributed by atoms with E-state index >= 15 is 0 Å². The van der Waals surface area contributed by atoms with E-state index in [9.17, 15) is 0 Å². The zero-order chi connectivity index (χ0) is 16.9. The Morgan fingerprint density at radius 3 is 2.54 bits per heavy atom. The van der Waals surface area contributed by atoms with Crippen LogP contribution < -0.4 is 4.74 Å². The van der Waals surface area contributed by atoms with Crippen LogP contribution in [0.4, 0.5) is 0 Å². The Balaban J connectivity index is 1.99. The number of aryl methyl sites for hydroxylation is 1. The summed E-state index contributed by atoms with van der Waals surface area (Å²) in [7, 11) is 0. The third-order valence-corrected chi connectivity index (χ3v) is 5.85. The van der Waals surface area contributed by atoms with Crippen LogP contribution in [0.25, 0.3) is 5.57 Å². The Kier molecular flexibility index (Phi) is 6.43. The number of unbranched alkanes of at least 4 members (excludes halogenated alkanes) is 1. The second kappa shape index (κ2) is 8.55. The van der Waals surface area contributed by atoms with Crippen LogP contribution >= 0.6 is 22.6 Å². The van der Waals surface area contributed by atoms with E-state index in [-0.39, 0.29) is 0 Å². The summed E-state index contributed by atoms with van der Waals surface area (Å²) in [5.74, 6) is 1.92. The zero-order valence-corrected chi connectivity index (χ0v) is 17.2. The van der Waals surface area contributed by atoms with Crippen molar-refractivity contribution < 1.29 is 4.74 Å². The lowest BCUT2D eigenvalue weighted by Gasteiger charge is -2.20. The molecule has 24 heavy (non-hydrogen) atoms. The first-order valence-electron chi connectivity index (χ1n) is 9.58. The molecule has 0 bridgehead atoms. The summed E-state index contributed by atoms with van der Waals surface area (Å²) in [6.07, 6.45) is 14.4. The maximum atomic E-state index is 6.15. The second-order valence-corrected chi connectivity index (χ2v) is 8.46. The maximum Gasteiger partial charge on any atom is 0.123 e. The molecule has 2 aliphatic carbocycles. The van der Waals surface area contributed by atoms with Gasteiger partial charge in [-0.05, 0) is 105 Å². The van der Waals surface area contributed by atoms with Gasteiger partial charge in [0.15, 0.2) is 0 Å². The van der Waals surface area contributed by atoms with Crippen molar-refractivity contribution in [3.63, 3.8) is 0 Å². The van der Waals surface area contributed by atoms with Crippen LogP contribution in [0.15, 0.2) is 27.9 Å². The molecule has 1 aromatic rings. The largest absolute Gasteiger partial charge is 0.493 e. The van der Waals surface area contributed by atoms with Gasteiger partial charge >= 0.3 is 0 Å². The highest BCUT2D eigenvalue weighted by molar-refractivity contribution is 14.1. The third-order valence-electron chi connectivity index (χ3n) is 4.96. The predicted molar refractivity (Wildman–Crippen MR) is 112 cm³/mol. The fourth-order valence-corrected chi connectivity index (χ4v) is 3.85. The molecule has 0 unspecified atom stereocenters. The third kappa shape index (κ3) is 4.44. The summed E-state index contributed by atoms with van der Waals surface area (Å²) in [4.78, 5) is 0. The van der Waals surface area contributed by atoms with E-state index in [0.717, 1.165) is 37.5 Å². The molecule has 1 aromatic carbocycles. The van der Waals surface area contributed by atoms with Crippen LogP contribution in [0.3, 0.4) is 0 Å². The molecule has 2 aliphatic rings. The highest BCUT2D eigenvalue weighted by Gasteiger charge is 2.28. The molecule has 0 N–H and O–H groups in total. The number of hydrogen-bond donors (Lipinski definition) is 0. The van der Waals surface area contributed by atoms with E-state index in [0.29, 0.717) is 0 Å². The Morgan fingerprint density at radius 2 is 1.92 bits per heavy atom. The smallest absolute Gasteiger partial charge is 0.123 e. The molecule has 3 rings (SSSR count). The summed E-state index contributed by atoms with van der Waals surface area (Å²) in [5.41, 5.74) is 5.98. The molecule has 0 aromatic heterocycles. The lowest BCUT2D eigenvalue weighted by molar-refractivity contribution is 0.313. The van der Waals surface area contributed by atoms with Crippen molar-refractivity contribution in [3.8, 4) is 5.75 Å². The van der Waals surface area contributed by atoms with Gasteiger partial charge < -0.3 is 4.74 Å². The van der Waals surface area contributed by atoms with Gasteiger partial charge in [0.05, 0.1) is 6.61 Å². The van der Waals surface area contributed by atoms with E-state index in [4.69, 9.17) is 4.74 Å². The number of halogens is 1. The highest BCUT2D eigenvalue weighted by Crippen LogP contribution is 2.46. The Morgan fingerprint density at radius 1 is 1.08 bits per heavy atom. The normalized spacial score (nSPS) is 17.5. The molecule has 0 heterocycles. The lowest BCUT2D eigenvalue weighted by Crippen LogP contribution is -2.04. The van der Waals surface area contributed by atoms with Gasteiger partial charge in [0.2, 0.25) is 0 Å². The molecule has 0 spiro atoms. The van der Waals surface area contributed by atoms with Crippen LogP contribution in [-0.4, -0.2) is 6.61 Å². The molecule has 1 nitrogen and oxygen atoms in total. The van der Waals surface area contributed by atoms with Crippen LogP contribution in [0.5, 0.6) is 5.75 Å². The molecule has 1 fully saturated rings. The maximum absolute atomic E-state index is 6.15. The van der Waals surface area contributed by atoms with Gasteiger partial charge in [-0.1, -0.05) is 38.5 Å². The molecule has 2 heteroatoms. The van der Waals surface area contributed by atoms with Crippen LogP contribution in [0.2, 0.25) is 0 Å². The van der Waals surface area contributed by atoms with Crippen molar-refractivity contribution in [1.82, 2.24) is 0 Å². The van der Waals surface area contributed by atoms with Gasteiger partial charge in [0.25, 0.3) is 0 Å². The van der Waals surface area contributed by atoms with Crippen molar-refractivity contribution in [2.75, 3.05) is 6.61 Å². The fraction of sp³-hybridized carbons (Fsp3) is 0.545. The average Bonchev–Trinajstić information content (AvgIpc) is 3.43. The van der Waals surface area contributed by atoms with Gasteiger partial charge in [-0.3, -0.25) is 0 Å². The van der Waals surface area contributed by atoms with E-state index < -0.39 is 0 Å². The summed E-state index contributed by atoms with van der Waals surface area (Å²) in [6.45, 7) is 5.27. The monoisotopic (exact) mass is 436 g/mol. The SMILES string of the molecule is CCCCc1cc(C2CC2)c(C2=CC=C(I)CC2)cc1OCCC. The van der Waals surface area contributed by atoms with Gasteiger partial charge in [0, 0.05) is 0 Å². The Bertz CT molecular complexity index is 638. The first-order chi connectivity index (χ1) is 11.7. The minimum Gasteiger partial charge on any atom is -0.493 e. The summed E-state index contributed by atoms with van der Waals surface area (Å²) >= 11 is 2.46. The standard InChI is InChI=1S/C22H29IO/c1-3-5-6-18-14-20(16-7-8-16)21(15-22(18)24-13-4-2)17-9-11-19(23)12-10-17/h9,11,14-16H,3-8,10,12-13H2,1-2H3. The van der Waals surface area contributed by atoms with E-state index in [1.54, 1.807) is 5.56 Å². The summed E-state index contributed by atoms with van der Waals surface area (Å²) < 4.78 is 7.61. The minimum atomic E-state index is 0.784. The van der Waals surface area contributed by atoms with Crippen LogP contribution in [0, 0.1) is 0 Å². The van der Waals surface area contributed by atoms with Crippen LogP contribution in [-0.2, 0) is 6.42 Å². The summed E-state index contributed by atoms with van der Waals surface area (Å²) in [6, 6.07) is 4.85. The first-order valence-corrected chi connectivity index (χ1v) is 10.7. The predicted octanol–water partition coefficient (Wildman–Crippen LogP) is 7.19. The second-order valence-electron chi connectivity index (χ2n) is 7.08. The number of allylic oxidation sites excluding steroid dienone is 4. The first kappa shape index (κ1) is 18.0. The summed E-state index contributed by atoms with van der Waals surface area (Å²) in [5, 5.41) is 0. The Labute approximate surface area is 160 Å². The van der Waals surface area contributed by atoms with E-state index in [1.807, 2.05) is 0 Å². The van der Waals surface area contributed by atoms with E-state index in [2.05, 4.69) is 60.7 Å². The topological polar surface area (TPSA) is 9.23 Å². The molecular formula is C22H29IO. The lowest BCUT2D eigenvalue weighted by atomic mass is 9.89. The molecule has 1 saturated carbocycles. The molecule has 0 aliphatic heterocycles. The van der Waals surface area contributed by atoms with Crippen molar-refractivity contribution >= 4 is 28.2 Å². The number of ether oxygens (including phenoxy) is 1. The number of benzene rings is 1. The van der Waals surface area contributed by atoms with Crippen molar-refractivity contribution in [2.45, 2.75) is 71.1 Å². The molecule has 0 radical (unpaired) electrons. The van der Waals surface area contributed by atoms with Crippen molar-refractivity contribution in [3.05, 3.63) is 44.6 Å². The van der Waals surface area contributed by atoms with Crippen molar-refractivity contribution in [2.24, 2.45) is 0 Å². The molecule has 0 saturated heterocycles. The molecule has 0 atom stereocenters. The molecule has 0 amide bonds. The van der Waals surface area contributed by atoms with Gasteiger partial charge in [-0.15, -0.1) is 0 Å². The van der Waals surface area contributed by atoms with E-state index in [1.165, 1.54) is 52.4 Å². The van der Waals surface area contributed by atoms with Gasteiger partial charge in [0.1, 0.15) is 5.75 Å². The highest BCUT2D eigenvalue weighted by atomic mass is 127. The number of hydrogen-bond acceptors (Lipinski definition) is 1. The Hall–Kier alpha value is -0.770. The average molecular weight is 436 g/mol. The van der Waals surface area contributed by atoms with Gasteiger partial charge in [-0.2, -0.15) is 0 Å².